The van der Waals surface area contributed by atoms with Gasteiger partial charge >= 0.3 is 0 Å². The Kier molecular flexibility index (Phi) is 6.48. The van der Waals surface area contributed by atoms with Crippen LogP contribution in [0.2, 0.25) is 10.0 Å². The van der Waals surface area contributed by atoms with E-state index in [0.717, 1.165) is 30.5 Å². The molecule has 0 saturated carbocycles. The maximum atomic E-state index is 12.0. The number of rotatable bonds is 5. The van der Waals surface area contributed by atoms with E-state index in [0.29, 0.717) is 15.7 Å². The van der Waals surface area contributed by atoms with Gasteiger partial charge in [0.2, 0.25) is 11.8 Å². The Morgan fingerprint density at radius 3 is 2.59 bits per heavy atom. The minimum atomic E-state index is -0.303. The molecule has 0 aromatic heterocycles. The Labute approximate surface area is 167 Å². The van der Waals surface area contributed by atoms with Crippen LogP contribution in [0.25, 0.3) is 0 Å². The minimum Gasteiger partial charge on any atom is -0.325 e. The minimum absolute atomic E-state index is 0.0340. The normalized spacial score (nSPS) is 14.5. The first-order valence-corrected chi connectivity index (χ1v) is 9.47. The van der Waals surface area contributed by atoms with Crippen molar-refractivity contribution in [3.8, 4) is 0 Å². The molecule has 0 spiro atoms. The second-order valence-electron chi connectivity index (χ2n) is 6.28. The van der Waals surface area contributed by atoms with Crippen LogP contribution in [0.4, 0.5) is 5.69 Å². The van der Waals surface area contributed by atoms with Gasteiger partial charge in [-0.05, 0) is 43.0 Å². The second kappa shape index (κ2) is 9.02. The fourth-order valence-corrected chi connectivity index (χ4v) is 3.39. The third-order valence-corrected chi connectivity index (χ3v) is 4.84. The average molecular weight is 404 g/mol. The molecule has 27 heavy (non-hydrogen) atoms. The first-order chi connectivity index (χ1) is 13.0. The van der Waals surface area contributed by atoms with Crippen LogP contribution in [0.3, 0.4) is 0 Å². The quantitative estimate of drug-likeness (QED) is 0.717. The fourth-order valence-electron chi connectivity index (χ4n) is 2.93. The fraction of sp³-hybridized carbons (Fsp3) is 0.250. The predicted molar refractivity (Wildman–Crippen MR) is 108 cm³/mol. The highest BCUT2D eigenvalue weighted by Crippen LogP contribution is 2.25. The first kappa shape index (κ1) is 19.4. The third-order valence-electron chi connectivity index (χ3n) is 4.29. The number of carbonyl (C=O) groups is 2. The number of anilines is 1. The summed E-state index contributed by atoms with van der Waals surface area (Å²) in [6, 6.07) is 12.9. The molecule has 1 aliphatic rings. The van der Waals surface area contributed by atoms with Crippen molar-refractivity contribution in [3.63, 3.8) is 0 Å². The topological polar surface area (TPSA) is 70.6 Å². The number of hydrogen-bond donors (Lipinski definition) is 2. The summed E-state index contributed by atoms with van der Waals surface area (Å²) in [5.74, 6) is -0.604. The van der Waals surface area contributed by atoms with Crippen LogP contribution in [0, 0.1) is 0 Å². The van der Waals surface area contributed by atoms with Crippen LogP contribution in [0.1, 0.15) is 36.8 Å². The van der Waals surface area contributed by atoms with E-state index in [1.165, 1.54) is 5.56 Å². The van der Waals surface area contributed by atoms with Crippen molar-refractivity contribution in [1.29, 1.82) is 0 Å². The van der Waals surface area contributed by atoms with Crippen LogP contribution in [-0.4, -0.2) is 17.5 Å². The largest absolute Gasteiger partial charge is 0.325 e. The highest BCUT2D eigenvalue weighted by Gasteiger charge is 2.15. The molecule has 0 bridgehead atoms. The lowest BCUT2D eigenvalue weighted by Crippen LogP contribution is -2.23. The monoisotopic (exact) mass is 403 g/mol. The van der Waals surface area contributed by atoms with Gasteiger partial charge in [-0.2, -0.15) is 5.10 Å². The number of hydrazone groups is 1. The van der Waals surface area contributed by atoms with Crippen molar-refractivity contribution in [1.82, 2.24) is 5.43 Å². The van der Waals surface area contributed by atoms with Crippen LogP contribution < -0.4 is 10.7 Å². The number of fused-ring (bicyclic) bond motifs is 1. The molecule has 2 aromatic rings. The molecule has 0 aliphatic heterocycles. The Hall–Kier alpha value is -2.37. The van der Waals surface area contributed by atoms with Gasteiger partial charge in [0.15, 0.2) is 0 Å². The smallest absolute Gasteiger partial charge is 0.240 e. The summed E-state index contributed by atoms with van der Waals surface area (Å²) in [5, 5.41) is 7.76. The molecule has 0 atom stereocenters. The van der Waals surface area contributed by atoms with E-state index in [2.05, 4.69) is 21.9 Å². The SMILES string of the molecule is O=C(CCC(=O)Nc1ccc(Cl)cc1Cl)N/N=C1\CCCc2ccccc21. The molecular formula is C20H19Cl2N3O2. The molecular weight excluding hydrogens is 385 g/mol. The van der Waals surface area contributed by atoms with Crippen LogP contribution in [0.15, 0.2) is 47.6 Å². The average Bonchev–Trinajstić information content (AvgIpc) is 2.67. The molecule has 0 heterocycles. The van der Waals surface area contributed by atoms with Crippen molar-refractivity contribution in [2.45, 2.75) is 32.1 Å². The van der Waals surface area contributed by atoms with Gasteiger partial charge in [0.25, 0.3) is 0 Å². The summed E-state index contributed by atoms with van der Waals surface area (Å²) in [5.41, 5.74) is 6.23. The zero-order valence-corrected chi connectivity index (χ0v) is 16.1. The lowest BCUT2D eigenvalue weighted by atomic mass is 9.90. The molecule has 0 fully saturated rings. The molecule has 2 amide bonds. The summed E-state index contributed by atoms with van der Waals surface area (Å²) in [4.78, 5) is 24.0. The van der Waals surface area contributed by atoms with Gasteiger partial charge in [-0.15, -0.1) is 0 Å². The van der Waals surface area contributed by atoms with E-state index in [4.69, 9.17) is 23.2 Å². The van der Waals surface area contributed by atoms with E-state index in [1.807, 2.05) is 18.2 Å². The lowest BCUT2D eigenvalue weighted by molar-refractivity contribution is -0.124. The molecule has 0 saturated heterocycles. The van der Waals surface area contributed by atoms with E-state index < -0.39 is 0 Å². The number of nitrogens with zero attached hydrogens (tertiary/aromatic N) is 1. The summed E-state index contributed by atoms with van der Waals surface area (Å²) < 4.78 is 0. The van der Waals surface area contributed by atoms with E-state index in [1.54, 1.807) is 18.2 Å². The zero-order valence-electron chi connectivity index (χ0n) is 14.6. The number of hydrogen-bond acceptors (Lipinski definition) is 3. The number of benzene rings is 2. The van der Waals surface area contributed by atoms with Crippen LogP contribution in [-0.2, 0) is 16.0 Å². The zero-order chi connectivity index (χ0) is 19.2. The van der Waals surface area contributed by atoms with Gasteiger partial charge in [-0.1, -0.05) is 47.5 Å². The number of halogens is 2. The van der Waals surface area contributed by atoms with Gasteiger partial charge in [0.1, 0.15) is 0 Å². The molecule has 5 nitrogen and oxygen atoms in total. The molecule has 7 heteroatoms. The molecule has 2 N–H and O–H groups in total. The van der Waals surface area contributed by atoms with Crippen molar-refractivity contribution < 1.29 is 9.59 Å². The van der Waals surface area contributed by atoms with Crippen molar-refractivity contribution in [2.24, 2.45) is 5.10 Å². The first-order valence-electron chi connectivity index (χ1n) is 8.71. The maximum Gasteiger partial charge on any atom is 0.240 e. The lowest BCUT2D eigenvalue weighted by Gasteiger charge is -2.17. The Bertz CT molecular complexity index is 897. The molecule has 1 aliphatic carbocycles. The van der Waals surface area contributed by atoms with E-state index in [9.17, 15) is 9.59 Å². The number of carbonyl (C=O) groups excluding carboxylic acids is 2. The Morgan fingerprint density at radius 1 is 1.00 bits per heavy atom. The highest BCUT2D eigenvalue weighted by atomic mass is 35.5. The van der Waals surface area contributed by atoms with E-state index >= 15 is 0 Å². The highest BCUT2D eigenvalue weighted by molar-refractivity contribution is 6.36. The number of nitrogens with one attached hydrogen (secondary N) is 2. The van der Waals surface area contributed by atoms with Gasteiger partial charge < -0.3 is 5.32 Å². The Balaban J connectivity index is 1.51. The van der Waals surface area contributed by atoms with Gasteiger partial charge in [-0.25, -0.2) is 5.43 Å². The van der Waals surface area contributed by atoms with Crippen LogP contribution in [0.5, 0.6) is 0 Å². The van der Waals surface area contributed by atoms with E-state index in [-0.39, 0.29) is 24.7 Å². The van der Waals surface area contributed by atoms with Gasteiger partial charge in [-0.3, -0.25) is 9.59 Å². The summed E-state index contributed by atoms with van der Waals surface area (Å²) in [6.45, 7) is 0. The standard InChI is InChI=1S/C20H19Cl2N3O2/c21-14-8-9-18(16(22)12-14)23-19(26)10-11-20(27)25-24-17-7-3-5-13-4-1-2-6-15(13)17/h1-2,4,6,8-9,12H,3,5,7,10-11H2,(H,23,26)(H,25,27)/b24-17+. The predicted octanol–water partition coefficient (Wildman–Crippen LogP) is 4.57. The molecule has 3 rings (SSSR count). The van der Waals surface area contributed by atoms with Crippen molar-refractivity contribution >= 4 is 46.4 Å². The summed E-state index contributed by atoms with van der Waals surface area (Å²) >= 11 is 11.8. The van der Waals surface area contributed by atoms with Gasteiger partial charge in [0, 0.05) is 23.4 Å². The molecule has 2 aromatic carbocycles. The van der Waals surface area contributed by atoms with Crippen molar-refractivity contribution in [3.05, 3.63) is 63.6 Å². The summed E-state index contributed by atoms with van der Waals surface area (Å²) in [7, 11) is 0. The molecule has 0 unspecified atom stereocenters. The van der Waals surface area contributed by atoms with Crippen molar-refractivity contribution in [2.75, 3.05) is 5.32 Å². The third kappa shape index (κ3) is 5.31. The Morgan fingerprint density at radius 2 is 1.78 bits per heavy atom. The number of amides is 2. The molecule has 140 valence electrons. The van der Waals surface area contributed by atoms with Crippen LogP contribution >= 0.6 is 23.2 Å². The number of aryl methyl sites for hydroxylation is 1. The second-order valence-corrected chi connectivity index (χ2v) is 7.12. The molecule has 0 radical (unpaired) electrons. The van der Waals surface area contributed by atoms with Gasteiger partial charge in [0.05, 0.1) is 16.4 Å². The maximum absolute atomic E-state index is 12.0. The summed E-state index contributed by atoms with van der Waals surface area (Å²) in [6.07, 6.45) is 2.93.